The molecule has 32 heavy (non-hydrogen) atoms. The minimum atomic E-state index is 0.472. The normalized spacial score (nSPS) is 10.8. The molecule has 164 valence electrons. The van der Waals surface area contributed by atoms with Crippen molar-refractivity contribution in [2.24, 2.45) is 0 Å². The van der Waals surface area contributed by atoms with Crippen molar-refractivity contribution in [3.05, 3.63) is 82.5 Å². The number of methoxy groups -OCH3 is 2. The lowest BCUT2D eigenvalue weighted by Crippen LogP contribution is -2.02. The first-order chi connectivity index (χ1) is 15.6. The highest BCUT2D eigenvalue weighted by Gasteiger charge is 2.11. The number of halogens is 2. The van der Waals surface area contributed by atoms with Gasteiger partial charge in [-0.3, -0.25) is 4.98 Å². The molecule has 4 rings (SSSR count). The van der Waals surface area contributed by atoms with Gasteiger partial charge in [-0.2, -0.15) is 0 Å². The quantitative estimate of drug-likeness (QED) is 0.278. The molecule has 0 spiro atoms. The van der Waals surface area contributed by atoms with Crippen LogP contribution in [0, 0.1) is 0 Å². The summed E-state index contributed by atoms with van der Waals surface area (Å²) in [5, 5.41) is 1.90. The smallest absolute Gasteiger partial charge is 0.162 e. The second kappa shape index (κ2) is 9.98. The van der Waals surface area contributed by atoms with Crippen molar-refractivity contribution >= 4 is 34.1 Å². The summed E-state index contributed by atoms with van der Waals surface area (Å²) < 4.78 is 22.8. The number of benzene rings is 3. The fraction of sp³-hybridized carbons (Fsp3) is 0.160. The molecular weight excluding hydrogens is 449 g/mol. The third-order valence-corrected chi connectivity index (χ3v) is 5.41. The largest absolute Gasteiger partial charge is 0.493 e. The molecule has 0 bridgehead atoms. The summed E-state index contributed by atoms with van der Waals surface area (Å²) in [5.74, 6) is 3.24. The topological polar surface area (TPSA) is 49.8 Å². The second-order valence-corrected chi connectivity index (χ2v) is 7.80. The lowest BCUT2D eigenvalue weighted by atomic mass is 10.1. The predicted molar refractivity (Wildman–Crippen MR) is 127 cm³/mol. The van der Waals surface area contributed by atoms with E-state index in [0.717, 1.165) is 16.5 Å². The number of hydrogen-bond donors (Lipinski definition) is 0. The van der Waals surface area contributed by atoms with Crippen molar-refractivity contribution < 1.29 is 18.9 Å². The number of ether oxygens (including phenoxy) is 4. The van der Waals surface area contributed by atoms with E-state index in [9.17, 15) is 0 Å². The summed E-state index contributed by atoms with van der Waals surface area (Å²) in [7, 11) is 3.20. The maximum Gasteiger partial charge on any atom is 0.162 e. The number of rotatable bonds is 8. The van der Waals surface area contributed by atoms with Gasteiger partial charge in [0.15, 0.2) is 11.5 Å². The van der Waals surface area contributed by atoms with Crippen LogP contribution in [0.2, 0.25) is 10.0 Å². The summed E-state index contributed by atoms with van der Waals surface area (Å²) in [6.45, 7) is 0.472. The van der Waals surface area contributed by atoms with E-state index in [2.05, 4.69) is 4.98 Å². The lowest BCUT2D eigenvalue weighted by molar-refractivity contribution is 0.322. The van der Waals surface area contributed by atoms with Crippen molar-refractivity contribution in [2.45, 2.75) is 6.42 Å². The van der Waals surface area contributed by atoms with Gasteiger partial charge in [0.2, 0.25) is 0 Å². The van der Waals surface area contributed by atoms with E-state index in [0.29, 0.717) is 51.8 Å². The van der Waals surface area contributed by atoms with E-state index in [1.807, 2.05) is 42.5 Å². The van der Waals surface area contributed by atoms with Crippen LogP contribution in [0.1, 0.15) is 5.56 Å². The molecule has 0 aliphatic heterocycles. The Labute approximate surface area is 196 Å². The third-order valence-electron chi connectivity index (χ3n) is 4.88. The summed E-state index contributed by atoms with van der Waals surface area (Å²) in [6, 6.07) is 18.6. The van der Waals surface area contributed by atoms with Crippen LogP contribution in [0.15, 0.2) is 66.9 Å². The first kappa shape index (κ1) is 22.1. The number of fused-ring (bicyclic) bond motifs is 1. The Morgan fingerprint density at radius 1 is 0.812 bits per heavy atom. The number of pyridine rings is 1. The number of aromatic nitrogens is 1. The van der Waals surface area contributed by atoms with Crippen LogP contribution in [0.25, 0.3) is 10.9 Å². The minimum absolute atomic E-state index is 0.472. The zero-order chi connectivity index (χ0) is 22.5. The van der Waals surface area contributed by atoms with Gasteiger partial charge in [0.05, 0.1) is 31.4 Å². The summed E-state index contributed by atoms with van der Waals surface area (Å²) in [4.78, 5) is 4.42. The van der Waals surface area contributed by atoms with Crippen LogP contribution in [-0.2, 0) is 6.42 Å². The molecule has 0 saturated heterocycles. The van der Waals surface area contributed by atoms with E-state index >= 15 is 0 Å². The van der Waals surface area contributed by atoms with Crippen LogP contribution < -0.4 is 18.9 Å². The summed E-state index contributed by atoms with van der Waals surface area (Å²) in [6.07, 6.45) is 2.40. The zero-order valence-electron chi connectivity index (χ0n) is 17.6. The van der Waals surface area contributed by atoms with Crippen molar-refractivity contribution in [2.75, 3.05) is 20.8 Å². The van der Waals surface area contributed by atoms with E-state index in [1.54, 1.807) is 38.6 Å². The molecule has 0 aliphatic carbocycles. The van der Waals surface area contributed by atoms with Crippen molar-refractivity contribution in [3.63, 3.8) is 0 Å². The molecular formula is C25H21Cl2NO4. The molecule has 1 heterocycles. The van der Waals surface area contributed by atoms with Gasteiger partial charge in [-0.05, 0) is 48.0 Å². The fourth-order valence-electron chi connectivity index (χ4n) is 3.30. The van der Waals surface area contributed by atoms with Gasteiger partial charge in [-0.15, -0.1) is 0 Å². The highest BCUT2D eigenvalue weighted by molar-refractivity contribution is 6.35. The standard InChI is InChI=1S/C25H21Cl2NO4/c1-29-24-14-19-21(15-25(24)30-2)28-10-8-22(19)32-18-5-3-4-16(12-18)9-11-31-23-7-6-17(26)13-20(23)27/h3-8,10,12-15H,9,11H2,1-2H3. The first-order valence-corrected chi connectivity index (χ1v) is 10.7. The van der Waals surface area contributed by atoms with E-state index < -0.39 is 0 Å². The molecule has 0 saturated carbocycles. The van der Waals surface area contributed by atoms with Crippen LogP contribution in [0.3, 0.4) is 0 Å². The molecule has 0 aliphatic rings. The molecule has 0 fully saturated rings. The van der Waals surface area contributed by atoms with E-state index in [1.165, 1.54) is 0 Å². The average molecular weight is 470 g/mol. The van der Waals surface area contributed by atoms with Crippen LogP contribution in [0.5, 0.6) is 28.7 Å². The van der Waals surface area contributed by atoms with Crippen molar-refractivity contribution in [3.8, 4) is 28.7 Å². The molecule has 0 unspecified atom stereocenters. The minimum Gasteiger partial charge on any atom is -0.493 e. The zero-order valence-corrected chi connectivity index (χ0v) is 19.1. The second-order valence-electron chi connectivity index (χ2n) is 6.96. The highest BCUT2D eigenvalue weighted by atomic mass is 35.5. The van der Waals surface area contributed by atoms with Crippen LogP contribution >= 0.6 is 23.2 Å². The van der Waals surface area contributed by atoms with Gasteiger partial charge in [0, 0.05) is 29.1 Å². The molecule has 5 nitrogen and oxygen atoms in total. The molecule has 0 amide bonds. The molecule has 0 atom stereocenters. The van der Waals surface area contributed by atoms with Gasteiger partial charge in [-0.1, -0.05) is 35.3 Å². The van der Waals surface area contributed by atoms with Crippen molar-refractivity contribution in [1.29, 1.82) is 0 Å². The van der Waals surface area contributed by atoms with Crippen molar-refractivity contribution in [1.82, 2.24) is 4.98 Å². The Bertz CT molecular complexity index is 1250. The van der Waals surface area contributed by atoms with Gasteiger partial charge >= 0.3 is 0 Å². The maximum absolute atomic E-state index is 6.19. The Hall–Kier alpha value is -3.15. The lowest BCUT2D eigenvalue weighted by Gasteiger charge is -2.13. The van der Waals surface area contributed by atoms with Crippen LogP contribution in [0.4, 0.5) is 0 Å². The molecule has 4 aromatic rings. The average Bonchev–Trinajstić information content (AvgIpc) is 2.80. The predicted octanol–water partition coefficient (Wildman–Crippen LogP) is 6.97. The van der Waals surface area contributed by atoms with Gasteiger partial charge in [0.25, 0.3) is 0 Å². The Morgan fingerprint density at radius 2 is 1.62 bits per heavy atom. The molecule has 7 heteroatoms. The SMILES string of the molecule is COc1cc2nccc(Oc3cccc(CCOc4ccc(Cl)cc4Cl)c3)c2cc1OC. The Balaban J connectivity index is 1.49. The molecule has 0 radical (unpaired) electrons. The van der Waals surface area contributed by atoms with E-state index in [-0.39, 0.29) is 0 Å². The van der Waals surface area contributed by atoms with Crippen LogP contribution in [-0.4, -0.2) is 25.8 Å². The summed E-state index contributed by atoms with van der Waals surface area (Å²) >= 11 is 12.1. The number of hydrogen-bond acceptors (Lipinski definition) is 5. The Morgan fingerprint density at radius 3 is 2.41 bits per heavy atom. The third kappa shape index (κ3) is 5.01. The first-order valence-electron chi connectivity index (χ1n) is 9.93. The molecule has 1 aromatic heterocycles. The monoisotopic (exact) mass is 469 g/mol. The maximum atomic E-state index is 6.19. The number of nitrogens with zero attached hydrogens (tertiary/aromatic N) is 1. The Kier molecular flexibility index (Phi) is 6.88. The molecule has 0 N–H and O–H groups in total. The molecule has 3 aromatic carbocycles. The van der Waals surface area contributed by atoms with Gasteiger partial charge in [0.1, 0.15) is 17.2 Å². The fourth-order valence-corrected chi connectivity index (χ4v) is 3.76. The highest BCUT2D eigenvalue weighted by Crippen LogP contribution is 2.37. The van der Waals surface area contributed by atoms with Gasteiger partial charge in [-0.25, -0.2) is 0 Å². The summed E-state index contributed by atoms with van der Waals surface area (Å²) in [5.41, 5.74) is 1.83. The van der Waals surface area contributed by atoms with E-state index in [4.69, 9.17) is 42.1 Å². The van der Waals surface area contributed by atoms with Gasteiger partial charge < -0.3 is 18.9 Å².